The number of nitrogens with zero attached hydrogens (tertiary/aromatic N) is 2. The average molecular weight is 200 g/mol. The number of amides is 2. The molecule has 72 valence electrons. The van der Waals surface area contributed by atoms with Gasteiger partial charge in [0.1, 0.15) is 5.51 Å². The van der Waals surface area contributed by atoms with E-state index in [2.05, 4.69) is 20.8 Å². The molecule has 0 aliphatic heterocycles. The van der Waals surface area contributed by atoms with Crippen LogP contribution < -0.4 is 10.6 Å². The van der Waals surface area contributed by atoms with Gasteiger partial charge in [0.15, 0.2) is 0 Å². The van der Waals surface area contributed by atoms with E-state index in [0.29, 0.717) is 5.13 Å². The van der Waals surface area contributed by atoms with Crippen molar-refractivity contribution < 1.29 is 4.79 Å². The molecular weight excluding hydrogens is 188 g/mol. The van der Waals surface area contributed by atoms with Crippen LogP contribution in [-0.2, 0) is 0 Å². The van der Waals surface area contributed by atoms with E-state index in [-0.39, 0.29) is 12.1 Å². The van der Waals surface area contributed by atoms with E-state index < -0.39 is 0 Å². The first-order valence-electron chi connectivity index (χ1n) is 4.06. The quantitative estimate of drug-likeness (QED) is 0.776. The van der Waals surface area contributed by atoms with Gasteiger partial charge in [0.25, 0.3) is 0 Å². The van der Waals surface area contributed by atoms with Gasteiger partial charge in [-0.3, -0.25) is 5.32 Å². The fourth-order valence-corrected chi connectivity index (χ4v) is 1.13. The van der Waals surface area contributed by atoms with Crippen LogP contribution >= 0.6 is 11.3 Å². The van der Waals surface area contributed by atoms with Crippen LogP contribution in [0.3, 0.4) is 0 Å². The van der Waals surface area contributed by atoms with Crippen LogP contribution in [-0.4, -0.2) is 22.3 Å². The number of urea groups is 1. The Morgan fingerprint density at radius 3 is 3.08 bits per heavy atom. The third-order valence-electron chi connectivity index (χ3n) is 1.57. The molecule has 1 aromatic heterocycles. The second-order valence-electron chi connectivity index (χ2n) is 2.65. The van der Waals surface area contributed by atoms with Gasteiger partial charge in [0.2, 0.25) is 5.13 Å². The molecule has 1 rings (SSSR count). The molecule has 0 aliphatic carbocycles. The highest BCUT2D eigenvalue weighted by molar-refractivity contribution is 7.13. The number of hydrogen-bond donors (Lipinski definition) is 2. The predicted octanol–water partition coefficient (Wildman–Crippen LogP) is 1.46. The highest BCUT2D eigenvalue weighted by Crippen LogP contribution is 2.07. The summed E-state index contributed by atoms with van der Waals surface area (Å²) in [6, 6.07) is -0.0565. The maximum atomic E-state index is 11.2. The summed E-state index contributed by atoms with van der Waals surface area (Å²) in [6.45, 7) is 3.95. The van der Waals surface area contributed by atoms with Gasteiger partial charge in [-0.15, -0.1) is 10.2 Å². The van der Waals surface area contributed by atoms with Gasteiger partial charge in [0.05, 0.1) is 0 Å². The maximum Gasteiger partial charge on any atom is 0.321 e. The zero-order valence-corrected chi connectivity index (χ0v) is 8.39. The summed E-state index contributed by atoms with van der Waals surface area (Å²) in [6.07, 6.45) is 0.906. The van der Waals surface area contributed by atoms with E-state index in [1.54, 1.807) is 5.51 Å². The highest BCUT2D eigenvalue weighted by Gasteiger charge is 2.06. The van der Waals surface area contributed by atoms with Crippen LogP contribution in [0, 0.1) is 0 Å². The standard InChI is InChI=1S/C7H12N4OS/c1-3-5(2)9-6(12)10-7-11-8-4-13-7/h4-5H,3H2,1-2H3,(H2,9,10,11,12)/t5-/m0/s1. The summed E-state index contributed by atoms with van der Waals surface area (Å²) in [4.78, 5) is 11.2. The van der Waals surface area contributed by atoms with E-state index in [9.17, 15) is 4.79 Å². The average Bonchev–Trinajstić information content (AvgIpc) is 2.56. The van der Waals surface area contributed by atoms with Crippen molar-refractivity contribution in [1.29, 1.82) is 0 Å². The molecule has 0 spiro atoms. The predicted molar refractivity (Wildman–Crippen MR) is 51.8 cm³/mol. The van der Waals surface area contributed by atoms with E-state index >= 15 is 0 Å². The fraction of sp³-hybridized carbons (Fsp3) is 0.571. The Bertz CT molecular complexity index is 261. The van der Waals surface area contributed by atoms with Crippen LogP contribution in [0.2, 0.25) is 0 Å². The Labute approximate surface area is 80.6 Å². The number of carbonyl (C=O) groups excluding carboxylic acids is 1. The first-order valence-corrected chi connectivity index (χ1v) is 4.94. The van der Waals surface area contributed by atoms with Crippen molar-refractivity contribution in [2.24, 2.45) is 0 Å². The molecule has 13 heavy (non-hydrogen) atoms. The smallest absolute Gasteiger partial charge is 0.321 e. The molecule has 0 aromatic carbocycles. The minimum absolute atomic E-state index is 0.174. The lowest BCUT2D eigenvalue weighted by molar-refractivity contribution is 0.249. The number of hydrogen-bond acceptors (Lipinski definition) is 4. The molecule has 6 heteroatoms. The second-order valence-corrected chi connectivity index (χ2v) is 3.48. The maximum absolute atomic E-state index is 11.2. The van der Waals surface area contributed by atoms with Crippen molar-refractivity contribution in [2.75, 3.05) is 5.32 Å². The van der Waals surface area contributed by atoms with Crippen LogP contribution in [0.25, 0.3) is 0 Å². The molecule has 0 aliphatic rings. The minimum Gasteiger partial charge on any atom is -0.335 e. The Morgan fingerprint density at radius 2 is 2.54 bits per heavy atom. The van der Waals surface area contributed by atoms with Gasteiger partial charge in [-0.05, 0) is 13.3 Å². The molecule has 0 fully saturated rings. The molecule has 1 atom stereocenters. The van der Waals surface area contributed by atoms with Gasteiger partial charge < -0.3 is 5.32 Å². The molecule has 1 aromatic rings. The van der Waals surface area contributed by atoms with Crippen molar-refractivity contribution in [1.82, 2.24) is 15.5 Å². The Morgan fingerprint density at radius 1 is 1.77 bits per heavy atom. The van der Waals surface area contributed by atoms with Crippen molar-refractivity contribution in [3.05, 3.63) is 5.51 Å². The summed E-state index contributed by atoms with van der Waals surface area (Å²) in [7, 11) is 0. The molecule has 2 N–H and O–H groups in total. The molecular formula is C7H12N4OS. The first kappa shape index (κ1) is 9.91. The van der Waals surface area contributed by atoms with Crippen LogP contribution in [0.1, 0.15) is 20.3 Å². The Kier molecular flexibility index (Phi) is 3.63. The second kappa shape index (κ2) is 4.76. The van der Waals surface area contributed by atoms with Crippen LogP contribution in [0.5, 0.6) is 0 Å². The number of carbonyl (C=O) groups is 1. The summed E-state index contributed by atoms with van der Waals surface area (Å²) in [5.74, 6) is 0. The van der Waals surface area contributed by atoms with Gasteiger partial charge in [-0.1, -0.05) is 18.3 Å². The molecule has 0 bridgehead atoms. The normalized spacial score (nSPS) is 12.2. The van der Waals surface area contributed by atoms with Crippen molar-refractivity contribution >= 4 is 22.5 Å². The lowest BCUT2D eigenvalue weighted by Gasteiger charge is -2.10. The van der Waals surface area contributed by atoms with Gasteiger partial charge in [0, 0.05) is 6.04 Å². The number of rotatable bonds is 3. The van der Waals surface area contributed by atoms with E-state index in [1.807, 2.05) is 13.8 Å². The molecule has 0 saturated heterocycles. The van der Waals surface area contributed by atoms with Gasteiger partial charge >= 0.3 is 6.03 Å². The third kappa shape index (κ3) is 3.37. The molecule has 2 amide bonds. The van der Waals surface area contributed by atoms with Gasteiger partial charge in [-0.25, -0.2) is 4.79 Å². The fourth-order valence-electron chi connectivity index (χ4n) is 0.687. The van der Waals surface area contributed by atoms with E-state index in [4.69, 9.17) is 0 Å². The molecule has 1 heterocycles. The zero-order valence-electron chi connectivity index (χ0n) is 7.57. The van der Waals surface area contributed by atoms with E-state index in [1.165, 1.54) is 11.3 Å². The molecule has 0 unspecified atom stereocenters. The summed E-state index contributed by atoms with van der Waals surface area (Å²) < 4.78 is 0. The summed E-state index contributed by atoms with van der Waals surface area (Å²) >= 11 is 1.29. The number of anilines is 1. The first-order chi connectivity index (χ1) is 6.22. The van der Waals surface area contributed by atoms with Crippen LogP contribution in [0.15, 0.2) is 5.51 Å². The van der Waals surface area contributed by atoms with Crippen molar-refractivity contribution in [2.45, 2.75) is 26.3 Å². The minimum atomic E-state index is -0.230. The number of nitrogens with one attached hydrogen (secondary N) is 2. The van der Waals surface area contributed by atoms with Crippen molar-refractivity contribution in [3.8, 4) is 0 Å². The topological polar surface area (TPSA) is 66.9 Å². The lowest BCUT2D eigenvalue weighted by atomic mass is 10.3. The monoisotopic (exact) mass is 200 g/mol. The number of aromatic nitrogens is 2. The lowest BCUT2D eigenvalue weighted by Crippen LogP contribution is -2.35. The molecule has 5 nitrogen and oxygen atoms in total. The van der Waals surface area contributed by atoms with Crippen molar-refractivity contribution in [3.63, 3.8) is 0 Å². The Balaban J connectivity index is 2.34. The SMILES string of the molecule is CC[C@H](C)NC(=O)Nc1nncs1. The van der Waals surface area contributed by atoms with Gasteiger partial charge in [-0.2, -0.15) is 0 Å². The molecule has 0 saturated carbocycles. The summed E-state index contributed by atoms with van der Waals surface area (Å²) in [5, 5.41) is 13.1. The Hall–Kier alpha value is -1.17. The highest BCUT2D eigenvalue weighted by atomic mass is 32.1. The largest absolute Gasteiger partial charge is 0.335 e. The van der Waals surface area contributed by atoms with E-state index in [0.717, 1.165) is 6.42 Å². The third-order valence-corrected chi connectivity index (χ3v) is 2.18. The molecule has 0 radical (unpaired) electrons. The summed E-state index contributed by atoms with van der Waals surface area (Å²) in [5.41, 5.74) is 1.57. The van der Waals surface area contributed by atoms with Crippen LogP contribution in [0.4, 0.5) is 9.93 Å². The zero-order chi connectivity index (χ0) is 9.68.